The van der Waals surface area contributed by atoms with E-state index in [0.29, 0.717) is 30.6 Å². The molecule has 0 aliphatic carbocycles. The number of methoxy groups -OCH3 is 1. The Hall–Kier alpha value is -2.22. The monoisotopic (exact) mass is 361 g/mol. The maximum atomic E-state index is 12.7. The Balaban J connectivity index is 1.65. The average Bonchev–Trinajstić information content (AvgIpc) is 2.97. The van der Waals surface area contributed by atoms with Crippen LogP contribution in [0.3, 0.4) is 0 Å². The maximum Gasteiger partial charge on any atom is 0.273 e. The van der Waals surface area contributed by atoms with Gasteiger partial charge in [0.25, 0.3) is 5.91 Å². The van der Waals surface area contributed by atoms with E-state index >= 15 is 0 Å². The molecule has 8 heteroatoms. The van der Waals surface area contributed by atoms with E-state index in [2.05, 4.69) is 26.8 Å². The highest BCUT2D eigenvalue weighted by Crippen LogP contribution is 2.17. The fraction of sp³-hybridized carbons (Fsp3) is 0.529. The summed E-state index contributed by atoms with van der Waals surface area (Å²) in [4.78, 5) is 29.9. The van der Waals surface area contributed by atoms with Crippen molar-refractivity contribution in [2.75, 3.05) is 38.2 Å². The molecule has 0 atom stereocenters. The standard InChI is InChI=1S/C17H23N5O2S/c1-3-5-15-19-13(12-25-15)16(23)21-8-4-9-22(11-10-21)17-18-7-6-14(20-17)24-2/h6-7,12H,3-5,8-11H2,1-2H3. The number of aryl methyl sites for hydroxylation is 1. The van der Waals surface area contributed by atoms with Crippen LogP contribution in [0.4, 0.5) is 5.95 Å². The lowest BCUT2D eigenvalue weighted by Crippen LogP contribution is -2.35. The highest BCUT2D eigenvalue weighted by Gasteiger charge is 2.23. The van der Waals surface area contributed by atoms with Gasteiger partial charge >= 0.3 is 0 Å². The van der Waals surface area contributed by atoms with Crippen LogP contribution in [-0.2, 0) is 6.42 Å². The van der Waals surface area contributed by atoms with Gasteiger partial charge in [-0.3, -0.25) is 4.79 Å². The summed E-state index contributed by atoms with van der Waals surface area (Å²) < 4.78 is 5.17. The van der Waals surface area contributed by atoms with Crippen LogP contribution < -0.4 is 9.64 Å². The minimum Gasteiger partial charge on any atom is -0.481 e. The molecule has 25 heavy (non-hydrogen) atoms. The fourth-order valence-electron chi connectivity index (χ4n) is 2.82. The predicted molar refractivity (Wildman–Crippen MR) is 97.4 cm³/mol. The van der Waals surface area contributed by atoms with Crippen molar-refractivity contribution in [3.63, 3.8) is 0 Å². The summed E-state index contributed by atoms with van der Waals surface area (Å²) in [5, 5.41) is 2.91. The number of ether oxygens (including phenoxy) is 1. The average molecular weight is 361 g/mol. The maximum absolute atomic E-state index is 12.7. The zero-order valence-electron chi connectivity index (χ0n) is 14.6. The van der Waals surface area contributed by atoms with E-state index < -0.39 is 0 Å². The molecule has 2 aromatic heterocycles. The molecule has 0 saturated carbocycles. The first-order chi connectivity index (χ1) is 12.2. The molecule has 2 aromatic rings. The summed E-state index contributed by atoms with van der Waals surface area (Å²) in [6.07, 6.45) is 4.54. The number of hydrogen-bond donors (Lipinski definition) is 0. The van der Waals surface area contributed by atoms with Gasteiger partial charge in [-0.2, -0.15) is 4.98 Å². The van der Waals surface area contributed by atoms with Gasteiger partial charge in [-0.05, 0) is 19.3 Å². The fourth-order valence-corrected chi connectivity index (χ4v) is 3.69. The molecule has 134 valence electrons. The van der Waals surface area contributed by atoms with Crippen molar-refractivity contribution in [2.24, 2.45) is 0 Å². The molecule has 0 aromatic carbocycles. The Morgan fingerprint density at radius 2 is 2.16 bits per heavy atom. The summed E-state index contributed by atoms with van der Waals surface area (Å²) >= 11 is 1.57. The number of nitrogens with zero attached hydrogens (tertiary/aromatic N) is 5. The summed E-state index contributed by atoms with van der Waals surface area (Å²) in [7, 11) is 1.59. The van der Waals surface area contributed by atoms with E-state index in [1.165, 1.54) is 0 Å². The number of aromatic nitrogens is 3. The number of rotatable bonds is 5. The van der Waals surface area contributed by atoms with Crippen molar-refractivity contribution in [3.05, 3.63) is 28.3 Å². The van der Waals surface area contributed by atoms with Gasteiger partial charge in [-0.1, -0.05) is 6.92 Å². The molecule has 1 amide bonds. The SMILES string of the molecule is CCCc1nc(C(=O)N2CCCN(c3nccc(OC)n3)CC2)cs1. The molecule has 1 aliphatic heterocycles. The van der Waals surface area contributed by atoms with Gasteiger partial charge in [0.2, 0.25) is 11.8 Å². The van der Waals surface area contributed by atoms with Gasteiger partial charge in [0, 0.05) is 43.8 Å². The van der Waals surface area contributed by atoms with Gasteiger partial charge in [-0.15, -0.1) is 11.3 Å². The Labute approximate surface area is 151 Å². The Morgan fingerprint density at radius 1 is 1.28 bits per heavy atom. The number of anilines is 1. The molecule has 1 saturated heterocycles. The van der Waals surface area contributed by atoms with E-state index in [0.717, 1.165) is 37.4 Å². The number of hydrogen-bond acceptors (Lipinski definition) is 7. The van der Waals surface area contributed by atoms with E-state index in [1.807, 2.05) is 10.3 Å². The van der Waals surface area contributed by atoms with Gasteiger partial charge in [0.05, 0.1) is 12.1 Å². The van der Waals surface area contributed by atoms with Crippen LogP contribution in [0.5, 0.6) is 5.88 Å². The van der Waals surface area contributed by atoms with Gasteiger partial charge in [0.1, 0.15) is 5.69 Å². The molecule has 1 fully saturated rings. The first-order valence-corrected chi connectivity index (χ1v) is 9.45. The summed E-state index contributed by atoms with van der Waals surface area (Å²) in [5.74, 6) is 1.22. The third kappa shape index (κ3) is 4.25. The Morgan fingerprint density at radius 3 is 2.96 bits per heavy atom. The van der Waals surface area contributed by atoms with Crippen molar-refractivity contribution in [2.45, 2.75) is 26.2 Å². The highest BCUT2D eigenvalue weighted by atomic mass is 32.1. The van der Waals surface area contributed by atoms with Gasteiger partial charge < -0.3 is 14.5 Å². The highest BCUT2D eigenvalue weighted by molar-refractivity contribution is 7.09. The molecule has 0 unspecified atom stereocenters. The van der Waals surface area contributed by atoms with Crippen molar-refractivity contribution in [1.82, 2.24) is 19.9 Å². The molecule has 0 radical (unpaired) electrons. The van der Waals surface area contributed by atoms with E-state index in [-0.39, 0.29) is 5.91 Å². The topological polar surface area (TPSA) is 71.5 Å². The molecular weight excluding hydrogens is 338 g/mol. The molecule has 7 nitrogen and oxygen atoms in total. The molecular formula is C17H23N5O2S. The Bertz CT molecular complexity index is 721. The van der Waals surface area contributed by atoms with Gasteiger partial charge in [0.15, 0.2) is 0 Å². The first-order valence-electron chi connectivity index (χ1n) is 8.57. The molecule has 3 heterocycles. The van der Waals surface area contributed by atoms with Crippen molar-refractivity contribution in [3.8, 4) is 5.88 Å². The van der Waals surface area contributed by atoms with E-state index in [1.54, 1.807) is 30.7 Å². The third-order valence-electron chi connectivity index (χ3n) is 4.13. The van der Waals surface area contributed by atoms with Crippen LogP contribution in [0, 0.1) is 0 Å². The first kappa shape index (κ1) is 17.6. The van der Waals surface area contributed by atoms with Crippen LogP contribution in [-0.4, -0.2) is 59.0 Å². The predicted octanol–water partition coefficient (Wildman–Crippen LogP) is 2.25. The lowest BCUT2D eigenvalue weighted by Gasteiger charge is -2.21. The molecule has 1 aliphatic rings. The number of amides is 1. The lowest BCUT2D eigenvalue weighted by atomic mass is 10.3. The van der Waals surface area contributed by atoms with Crippen LogP contribution in [0.25, 0.3) is 0 Å². The van der Waals surface area contributed by atoms with Crippen molar-refractivity contribution >= 4 is 23.2 Å². The minimum absolute atomic E-state index is 0.0204. The second-order valence-corrected chi connectivity index (χ2v) is 6.85. The largest absolute Gasteiger partial charge is 0.481 e. The number of carbonyl (C=O) groups excluding carboxylic acids is 1. The van der Waals surface area contributed by atoms with Gasteiger partial charge in [-0.25, -0.2) is 9.97 Å². The molecule has 0 spiro atoms. The summed E-state index contributed by atoms with van der Waals surface area (Å²) in [5.41, 5.74) is 0.569. The number of carbonyl (C=O) groups is 1. The quantitative estimate of drug-likeness (QED) is 0.813. The zero-order chi connectivity index (χ0) is 17.6. The normalized spacial score (nSPS) is 15.1. The van der Waals surface area contributed by atoms with E-state index in [4.69, 9.17) is 4.74 Å². The summed E-state index contributed by atoms with van der Waals surface area (Å²) in [6.45, 7) is 4.99. The molecule has 0 N–H and O–H groups in total. The second-order valence-electron chi connectivity index (χ2n) is 5.91. The Kier molecular flexibility index (Phi) is 5.80. The smallest absolute Gasteiger partial charge is 0.273 e. The molecule has 0 bridgehead atoms. The van der Waals surface area contributed by atoms with E-state index in [9.17, 15) is 4.79 Å². The van der Waals surface area contributed by atoms with Crippen molar-refractivity contribution < 1.29 is 9.53 Å². The lowest BCUT2D eigenvalue weighted by molar-refractivity contribution is 0.0761. The second kappa shape index (κ2) is 8.24. The third-order valence-corrected chi connectivity index (χ3v) is 5.04. The van der Waals surface area contributed by atoms with Crippen LogP contribution in [0.15, 0.2) is 17.6 Å². The zero-order valence-corrected chi connectivity index (χ0v) is 15.5. The van der Waals surface area contributed by atoms with Crippen LogP contribution in [0.2, 0.25) is 0 Å². The van der Waals surface area contributed by atoms with Crippen LogP contribution in [0.1, 0.15) is 35.3 Å². The van der Waals surface area contributed by atoms with Crippen molar-refractivity contribution in [1.29, 1.82) is 0 Å². The summed E-state index contributed by atoms with van der Waals surface area (Å²) in [6, 6.07) is 1.73. The van der Waals surface area contributed by atoms with Crippen LogP contribution >= 0.6 is 11.3 Å². The molecule has 3 rings (SSSR count). The number of thiazole rings is 1. The minimum atomic E-state index is 0.0204.